The van der Waals surface area contributed by atoms with Crippen LogP contribution in [0.25, 0.3) is 0 Å². The van der Waals surface area contributed by atoms with Crippen molar-refractivity contribution in [1.82, 2.24) is 0 Å². The van der Waals surface area contributed by atoms with Crippen molar-refractivity contribution in [3.05, 3.63) is 60.2 Å². The molecule has 2 rings (SSSR count). The van der Waals surface area contributed by atoms with E-state index in [0.29, 0.717) is 5.69 Å². The molecule has 2 aromatic carbocycles. The number of aliphatic carboxylic acids is 1. The number of unbranched alkanes of at least 4 members (excludes halogenated alkanes) is 1. The molecule has 1 N–H and O–H groups in total. The van der Waals surface area contributed by atoms with Gasteiger partial charge in [-0.2, -0.15) is 0 Å². The summed E-state index contributed by atoms with van der Waals surface area (Å²) in [5.74, 6) is -1.20. The normalized spacial score (nSPS) is 11.2. The quantitative estimate of drug-likeness (QED) is 0.795. The standard InChI is InChI=1S/C18H21NO4S/c1-2-3-7-15-10-12-16(13-11-15)19(14-18(20)21)24(22,23)17-8-5-4-6-9-17/h4-6,8-13H,2-3,7,14H2,1H3,(H,20,21). The molecule has 0 saturated carbocycles. The first-order valence-electron chi connectivity index (χ1n) is 7.83. The molecule has 0 fully saturated rings. The molecular weight excluding hydrogens is 326 g/mol. The Hall–Kier alpha value is -2.34. The molecule has 0 aliphatic heterocycles. The molecule has 0 amide bonds. The van der Waals surface area contributed by atoms with Crippen molar-refractivity contribution in [1.29, 1.82) is 0 Å². The van der Waals surface area contributed by atoms with E-state index in [1.54, 1.807) is 30.3 Å². The first-order valence-corrected chi connectivity index (χ1v) is 9.27. The van der Waals surface area contributed by atoms with Crippen molar-refractivity contribution in [3.63, 3.8) is 0 Å². The lowest BCUT2D eigenvalue weighted by atomic mass is 10.1. The van der Waals surface area contributed by atoms with E-state index in [-0.39, 0.29) is 4.90 Å². The molecule has 0 aliphatic carbocycles. The van der Waals surface area contributed by atoms with Crippen molar-refractivity contribution >= 4 is 21.7 Å². The molecule has 0 spiro atoms. The van der Waals surface area contributed by atoms with Gasteiger partial charge in [0.05, 0.1) is 10.6 Å². The zero-order chi connectivity index (χ0) is 17.6. The second kappa shape index (κ2) is 7.97. The van der Waals surface area contributed by atoms with Crippen LogP contribution in [0, 0.1) is 0 Å². The molecule has 0 heterocycles. The van der Waals surface area contributed by atoms with Gasteiger partial charge in [-0.3, -0.25) is 9.10 Å². The van der Waals surface area contributed by atoms with E-state index < -0.39 is 22.5 Å². The van der Waals surface area contributed by atoms with Gasteiger partial charge in [0.1, 0.15) is 6.54 Å². The maximum Gasteiger partial charge on any atom is 0.324 e. The van der Waals surface area contributed by atoms with E-state index in [9.17, 15) is 13.2 Å². The van der Waals surface area contributed by atoms with Crippen LogP contribution in [0.1, 0.15) is 25.3 Å². The Balaban J connectivity index is 2.37. The van der Waals surface area contributed by atoms with E-state index >= 15 is 0 Å². The second-order valence-corrected chi connectivity index (χ2v) is 7.35. The lowest BCUT2D eigenvalue weighted by Crippen LogP contribution is -2.35. The molecule has 5 nitrogen and oxygen atoms in total. The zero-order valence-electron chi connectivity index (χ0n) is 13.6. The van der Waals surface area contributed by atoms with Gasteiger partial charge in [-0.05, 0) is 42.7 Å². The van der Waals surface area contributed by atoms with E-state index in [4.69, 9.17) is 5.11 Å². The fourth-order valence-corrected chi connectivity index (χ4v) is 3.80. The minimum Gasteiger partial charge on any atom is -0.480 e. The first-order chi connectivity index (χ1) is 11.4. The summed E-state index contributed by atoms with van der Waals surface area (Å²) in [6.45, 7) is 1.49. The van der Waals surface area contributed by atoms with E-state index in [0.717, 1.165) is 29.1 Å². The number of aryl methyl sites for hydroxylation is 1. The first kappa shape index (κ1) is 18.0. The van der Waals surface area contributed by atoms with E-state index in [1.165, 1.54) is 12.1 Å². The van der Waals surface area contributed by atoms with Crippen LogP contribution in [-0.4, -0.2) is 26.0 Å². The molecular formula is C18H21NO4S. The van der Waals surface area contributed by atoms with Gasteiger partial charge in [0.15, 0.2) is 0 Å². The Morgan fingerprint density at radius 3 is 2.21 bits per heavy atom. The molecule has 0 aliphatic rings. The number of rotatable bonds is 8. The number of carbonyl (C=O) groups is 1. The SMILES string of the molecule is CCCCc1ccc(N(CC(=O)O)S(=O)(=O)c2ccccc2)cc1. The van der Waals surface area contributed by atoms with Crippen LogP contribution < -0.4 is 4.31 Å². The Morgan fingerprint density at radius 1 is 1.04 bits per heavy atom. The molecule has 2 aromatic rings. The molecule has 0 bridgehead atoms. The molecule has 0 unspecified atom stereocenters. The molecule has 0 radical (unpaired) electrons. The van der Waals surface area contributed by atoms with Crippen LogP contribution in [0.5, 0.6) is 0 Å². The lowest BCUT2D eigenvalue weighted by molar-refractivity contribution is -0.135. The van der Waals surface area contributed by atoms with Crippen molar-refractivity contribution in [2.24, 2.45) is 0 Å². The predicted molar refractivity (Wildman–Crippen MR) is 93.7 cm³/mol. The molecule has 6 heteroatoms. The Bertz CT molecular complexity index is 770. The number of benzene rings is 2. The summed E-state index contributed by atoms with van der Waals surface area (Å²) in [6, 6.07) is 14.9. The number of carboxylic acids is 1. The Morgan fingerprint density at radius 2 is 1.67 bits per heavy atom. The van der Waals surface area contributed by atoms with Crippen LogP contribution in [0.3, 0.4) is 0 Å². The van der Waals surface area contributed by atoms with Gasteiger partial charge in [0.2, 0.25) is 0 Å². The molecule has 0 atom stereocenters. The third-order valence-corrected chi connectivity index (χ3v) is 5.44. The van der Waals surface area contributed by atoms with Gasteiger partial charge in [0.25, 0.3) is 10.0 Å². The highest BCUT2D eigenvalue weighted by molar-refractivity contribution is 7.92. The number of anilines is 1. The summed E-state index contributed by atoms with van der Waals surface area (Å²) in [4.78, 5) is 11.2. The predicted octanol–water partition coefficient (Wildman–Crippen LogP) is 3.31. The summed E-state index contributed by atoms with van der Waals surface area (Å²) in [7, 11) is -3.93. The summed E-state index contributed by atoms with van der Waals surface area (Å²) < 4.78 is 26.5. The Labute approximate surface area is 142 Å². The van der Waals surface area contributed by atoms with Gasteiger partial charge in [0, 0.05) is 0 Å². The average molecular weight is 347 g/mol. The van der Waals surface area contributed by atoms with E-state index in [2.05, 4.69) is 6.92 Å². The van der Waals surface area contributed by atoms with Crippen molar-refractivity contribution in [2.45, 2.75) is 31.1 Å². The van der Waals surface area contributed by atoms with Crippen LogP contribution in [0.4, 0.5) is 5.69 Å². The second-order valence-electron chi connectivity index (χ2n) is 5.49. The highest BCUT2D eigenvalue weighted by Crippen LogP contribution is 2.24. The maximum atomic E-state index is 12.8. The van der Waals surface area contributed by atoms with Gasteiger partial charge in [-0.25, -0.2) is 8.42 Å². The highest BCUT2D eigenvalue weighted by atomic mass is 32.2. The summed E-state index contributed by atoms with van der Waals surface area (Å²) in [5.41, 5.74) is 1.45. The van der Waals surface area contributed by atoms with Crippen LogP contribution >= 0.6 is 0 Å². The fourth-order valence-electron chi connectivity index (χ4n) is 2.37. The number of hydrogen-bond acceptors (Lipinski definition) is 3. The van der Waals surface area contributed by atoms with Gasteiger partial charge < -0.3 is 5.11 Å². The highest BCUT2D eigenvalue weighted by Gasteiger charge is 2.26. The largest absolute Gasteiger partial charge is 0.480 e. The molecule has 0 aromatic heterocycles. The molecule has 0 saturated heterocycles. The lowest BCUT2D eigenvalue weighted by Gasteiger charge is -2.23. The van der Waals surface area contributed by atoms with Gasteiger partial charge in [-0.1, -0.05) is 43.7 Å². The van der Waals surface area contributed by atoms with Crippen LogP contribution in [-0.2, 0) is 21.2 Å². The Kier molecular flexibility index (Phi) is 5.98. The van der Waals surface area contributed by atoms with Gasteiger partial charge in [-0.15, -0.1) is 0 Å². The van der Waals surface area contributed by atoms with E-state index in [1.807, 2.05) is 12.1 Å². The number of carboxylic acid groups (broad SMARTS) is 1. The monoisotopic (exact) mass is 347 g/mol. The summed E-state index contributed by atoms with van der Waals surface area (Å²) in [5, 5.41) is 9.12. The minimum absolute atomic E-state index is 0.0707. The topological polar surface area (TPSA) is 74.7 Å². The third kappa shape index (κ3) is 4.35. The van der Waals surface area contributed by atoms with Crippen molar-refractivity contribution in [3.8, 4) is 0 Å². The summed E-state index contributed by atoms with van der Waals surface area (Å²) in [6.07, 6.45) is 3.05. The minimum atomic E-state index is -3.93. The average Bonchev–Trinajstić information content (AvgIpc) is 2.59. The smallest absolute Gasteiger partial charge is 0.324 e. The third-order valence-electron chi connectivity index (χ3n) is 3.65. The number of hydrogen-bond donors (Lipinski definition) is 1. The zero-order valence-corrected chi connectivity index (χ0v) is 14.4. The number of nitrogens with zero attached hydrogens (tertiary/aromatic N) is 1. The fraction of sp³-hybridized carbons (Fsp3) is 0.278. The van der Waals surface area contributed by atoms with Crippen LogP contribution in [0.15, 0.2) is 59.5 Å². The maximum absolute atomic E-state index is 12.8. The summed E-state index contributed by atoms with van der Waals surface area (Å²) >= 11 is 0. The van der Waals surface area contributed by atoms with Gasteiger partial charge >= 0.3 is 5.97 Å². The van der Waals surface area contributed by atoms with Crippen molar-refractivity contribution in [2.75, 3.05) is 10.8 Å². The number of sulfonamides is 1. The molecule has 24 heavy (non-hydrogen) atoms. The van der Waals surface area contributed by atoms with Crippen LogP contribution in [0.2, 0.25) is 0 Å². The molecule has 128 valence electrons. The van der Waals surface area contributed by atoms with Crippen molar-refractivity contribution < 1.29 is 18.3 Å².